The van der Waals surface area contributed by atoms with Gasteiger partial charge in [-0.25, -0.2) is 4.68 Å². The van der Waals surface area contributed by atoms with E-state index in [2.05, 4.69) is 61.7 Å². The van der Waals surface area contributed by atoms with Gasteiger partial charge in [-0.2, -0.15) is 5.10 Å². The molecule has 90 valence electrons. The monoisotopic (exact) mass is 228 g/mol. The average molecular weight is 228 g/mol. The van der Waals surface area contributed by atoms with E-state index in [0.29, 0.717) is 11.8 Å². The van der Waals surface area contributed by atoms with Gasteiger partial charge in [-0.1, -0.05) is 45.9 Å². The quantitative estimate of drug-likeness (QED) is 0.772. The zero-order valence-electron chi connectivity index (χ0n) is 11.0. The molecular formula is C15H20N2. The van der Waals surface area contributed by atoms with Gasteiger partial charge in [0.2, 0.25) is 0 Å². The predicted octanol–water partition coefficient (Wildman–Crippen LogP) is 4.12. The third-order valence-electron chi connectivity index (χ3n) is 3.01. The van der Waals surface area contributed by atoms with Crippen molar-refractivity contribution in [1.82, 2.24) is 9.78 Å². The molecule has 0 saturated carbocycles. The van der Waals surface area contributed by atoms with E-state index < -0.39 is 0 Å². The molecule has 0 unspecified atom stereocenters. The van der Waals surface area contributed by atoms with Gasteiger partial charge in [-0.05, 0) is 29.5 Å². The molecule has 1 aromatic carbocycles. The van der Waals surface area contributed by atoms with E-state index in [1.165, 1.54) is 11.3 Å². The summed E-state index contributed by atoms with van der Waals surface area (Å²) < 4.78 is 2.07. The number of hydrogen-bond acceptors (Lipinski definition) is 1. The Labute approximate surface area is 103 Å². The molecule has 0 aliphatic rings. The molecule has 0 spiro atoms. The highest BCUT2D eigenvalue weighted by molar-refractivity contribution is 5.37. The Kier molecular flexibility index (Phi) is 3.32. The molecule has 0 aliphatic heterocycles. The van der Waals surface area contributed by atoms with Crippen molar-refractivity contribution in [2.45, 2.75) is 39.5 Å². The molecule has 2 heteroatoms. The van der Waals surface area contributed by atoms with Crippen LogP contribution in [-0.2, 0) is 0 Å². The summed E-state index contributed by atoms with van der Waals surface area (Å²) in [7, 11) is 0. The standard InChI is InChI=1S/C15H20N2/c1-11(2)14-10-16-17(15(14)12(3)4)13-8-6-5-7-9-13/h5-12H,1-4H3. The Morgan fingerprint density at radius 1 is 0.941 bits per heavy atom. The van der Waals surface area contributed by atoms with E-state index in [4.69, 9.17) is 0 Å². The van der Waals surface area contributed by atoms with Crippen LogP contribution in [0.3, 0.4) is 0 Å². The van der Waals surface area contributed by atoms with Gasteiger partial charge in [0.25, 0.3) is 0 Å². The maximum absolute atomic E-state index is 4.55. The number of hydrogen-bond donors (Lipinski definition) is 0. The fourth-order valence-corrected chi connectivity index (χ4v) is 2.17. The van der Waals surface area contributed by atoms with E-state index in [-0.39, 0.29) is 0 Å². The van der Waals surface area contributed by atoms with Crippen molar-refractivity contribution in [2.75, 3.05) is 0 Å². The predicted molar refractivity (Wildman–Crippen MR) is 71.7 cm³/mol. The molecule has 1 heterocycles. The molecular weight excluding hydrogens is 208 g/mol. The summed E-state index contributed by atoms with van der Waals surface area (Å²) in [5.74, 6) is 1.000. The summed E-state index contributed by atoms with van der Waals surface area (Å²) in [4.78, 5) is 0. The lowest BCUT2D eigenvalue weighted by molar-refractivity contribution is 0.713. The highest BCUT2D eigenvalue weighted by Gasteiger charge is 2.17. The van der Waals surface area contributed by atoms with Crippen LogP contribution in [0.25, 0.3) is 5.69 Å². The third kappa shape index (κ3) is 2.26. The molecule has 1 aromatic heterocycles. The first kappa shape index (κ1) is 11.9. The summed E-state index contributed by atoms with van der Waals surface area (Å²) >= 11 is 0. The van der Waals surface area contributed by atoms with Crippen molar-refractivity contribution in [2.24, 2.45) is 0 Å². The largest absolute Gasteiger partial charge is 0.237 e. The number of rotatable bonds is 3. The van der Waals surface area contributed by atoms with Gasteiger partial charge >= 0.3 is 0 Å². The molecule has 0 N–H and O–H groups in total. The van der Waals surface area contributed by atoms with Gasteiger partial charge in [0.1, 0.15) is 0 Å². The molecule has 0 bridgehead atoms. The molecule has 2 rings (SSSR count). The van der Waals surface area contributed by atoms with E-state index in [1.54, 1.807) is 0 Å². The Morgan fingerprint density at radius 2 is 1.59 bits per heavy atom. The fraction of sp³-hybridized carbons (Fsp3) is 0.400. The van der Waals surface area contributed by atoms with Crippen molar-refractivity contribution in [3.8, 4) is 5.69 Å². The van der Waals surface area contributed by atoms with Crippen LogP contribution in [0.5, 0.6) is 0 Å². The SMILES string of the molecule is CC(C)c1cnn(-c2ccccc2)c1C(C)C. The normalized spacial score (nSPS) is 11.4. The topological polar surface area (TPSA) is 17.8 Å². The molecule has 0 saturated heterocycles. The molecule has 0 aliphatic carbocycles. The first-order valence-corrected chi connectivity index (χ1v) is 6.24. The Hall–Kier alpha value is -1.57. The van der Waals surface area contributed by atoms with Crippen LogP contribution < -0.4 is 0 Å². The van der Waals surface area contributed by atoms with Gasteiger partial charge in [0.05, 0.1) is 17.6 Å². The van der Waals surface area contributed by atoms with Crippen LogP contribution >= 0.6 is 0 Å². The molecule has 0 radical (unpaired) electrons. The van der Waals surface area contributed by atoms with Crippen LogP contribution in [0, 0.1) is 0 Å². The van der Waals surface area contributed by atoms with Crippen LogP contribution in [0.15, 0.2) is 36.5 Å². The van der Waals surface area contributed by atoms with Gasteiger partial charge in [0.15, 0.2) is 0 Å². The summed E-state index contributed by atoms with van der Waals surface area (Å²) in [6.45, 7) is 8.89. The smallest absolute Gasteiger partial charge is 0.0649 e. The lowest BCUT2D eigenvalue weighted by Crippen LogP contribution is -2.06. The second kappa shape index (κ2) is 4.74. The van der Waals surface area contributed by atoms with Gasteiger partial charge in [-0.3, -0.25) is 0 Å². The highest BCUT2D eigenvalue weighted by Crippen LogP contribution is 2.27. The molecule has 2 nitrogen and oxygen atoms in total. The van der Waals surface area contributed by atoms with Crippen LogP contribution in [-0.4, -0.2) is 9.78 Å². The minimum Gasteiger partial charge on any atom is -0.237 e. The van der Waals surface area contributed by atoms with Crippen molar-refractivity contribution in [3.05, 3.63) is 47.8 Å². The second-order valence-electron chi connectivity index (χ2n) is 5.04. The lowest BCUT2D eigenvalue weighted by Gasteiger charge is -2.14. The summed E-state index contributed by atoms with van der Waals surface area (Å²) in [6.07, 6.45) is 2.01. The van der Waals surface area contributed by atoms with Crippen molar-refractivity contribution in [1.29, 1.82) is 0 Å². The van der Waals surface area contributed by atoms with Crippen LogP contribution in [0.4, 0.5) is 0 Å². The average Bonchev–Trinajstić information content (AvgIpc) is 2.74. The molecule has 0 atom stereocenters. The van der Waals surface area contributed by atoms with E-state index in [1.807, 2.05) is 12.3 Å². The third-order valence-corrected chi connectivity index (χ3v) is 3.01. The first-order valence-electron chi connectivity index (χ1n) is 6.24. The maximum atomic E-state index is 4.55. The van der Waals surface area contributed by atoms with Gasteiger partial charge < -0.3 is 0 Å². The van der Waals surface area contributed by atoms with E-state index in [0.717, 1.165) is 5.69 Å². The lowest BCUT2D eigenvalue weighted by atomic mass is 9.98. The minimum absolute atomic E-state index is 0.482. The Bertz CT molecular complexity index is 481. The van der Waals surface area contributed by atoms with Crippen molar-refractivity contribution in [3.63, 3.8) is 0 Å². The zero-order valence-corrected chi connectivity index (χ0v) is 11.0. The molecule has 2 aromatic rings. The molecule has 0 amide bonds. The zero-order chi connectivity index (χ0) is 12.4. The van der Waals surface area contributed by atoms with Crippen LogP contribution in [0.1, 0.15) is 50.8 Å². The summed E-state index contributed by atoms with van der Waals surface area (Å²) in [5.41, 5.74) is 3.82. The molecule has 17 heavy (non-hydrogen) atoms. The fourth-order valence-electron chi connectivity index (χ4n) is 2.17. The first-order chi connectivity index (χ1) is 8.11. The Balaban J connectivity index is 2.56. The molecule has 0 fully saturated rings. The van der Waals surface area contributed by atoms with Crippen molar-refractivity contribution >= 4 is 0 Å². The van der Waals surface area contributed by atoms with Gasteiger partial charge in [-0.15, -0.1) is 0 Å². The van der Waals surface area contributed by atoms with E-state index >= 15 is 0 Å². The van der Waals surface area contributed by atoms with Crippen LogP contribution in [0.2, 0.25) is 0 Å². The second-order valence-corrected chi connectivity index (χ2v) is 5.04. The van der Waals surface area contributed by atoms with Crippen molar-refractivity contribution < 1.29 is 0 Å². The summed E-state index contributed by atoms with van der Waals surface area (Å²) in [5, 5.41) is 4.55. The van der Waals surface area contributed by atoms with Gasteiger partial charge in [0, 0.05) is 0 Å². The highest BCUT2D eigenvalue weighted by atomic mass is 15.3. The maximum Gasteiger partial charge on any atom is 0.0649 e. The number of aromatic nitrogens is 2. The van der Waals surface area contributed by atoms with E-state index in [9.17, 15) is 0 Å². The minimum atomic E-state index is 0.482. The number of nitrogens with zero attached hydrogens (tertiary/aromatic N) is 2. The summed E-state index contributed by atoms with van der Waals surface area (Å²) in [6, 6.07) is 10.3. The Morgan fingerprint density at radius 3 is 2.12 bits per heavy atom. The number of para-hydroxylation sites is 1. The number of benzene rings is 1.